The van der Waals surface area contributed by atoms with Crippen LogP contribution < -0.4 is 21.7 Å². The molecule has 0 spiro atoms. The number of nitrogen functional groups attached to an aromatic ring is 1. The van der Waals surface area contributed by atoms with E-state index in [2.05, 4.69) is 21.9 Å². The standard InChI is InChI=1S/C12H16N6O2/c1-2-9(19)16-7-3-4-18(6-7)12-15-5-8(11(14)20)10(13)17-12/h2,5,7H,1,3-4,6H2,(H2,14,20)(H,16,19)(H2,13,15,17). The van der Waals surface area contributed by atoms with Crippen molar-refractivity contribution in [1.82, 2.24) is 15.3 Å². The maximum Gasteiger partial charge on any atom is 0.254 e. The van der Waals surface area contributed by atoms with Gasteiger partial charge in [0.2, 0.25) is 11.9 Å². The molecule has 1 fully saturated rings. The van der Waals surface area contributed by atoms with Gasteiger partial charge in [0, 0.05) is 25.3 Å². The summed E-state index contributed by atoms with van der Waals surface area (Å²) in [6.45, 7) is 4.68. The molecule has 1 aromatic heterocycles. The highest BCUT2D eigenvalue weighted by Crippen LogP contribution is 2.18. The molecule has 1 aromatic rings. The monoisotopic (exact) mass is 276 g/mol. The fraction of sp³-hybridized carbons (Fsp3) is 0.333. The Balaban J connectivity index is 2.06. The molecule has 2 heterocycles. The van der Waals surface area contributed by atoms with Crippen LogP contribution in [0.3, 0.4) is 0 Å². The molecular weight excluding hydrogens is 260 g/mol. The molecule has 0 radical (unpaired) electrons. The van der Waals surface area contributed by atoms with E-state index >= 15 is 0 Å². The van der Waals surface area contributed by atoms with Crippen molar-refractivity contribution in [2.24, 2.45) is 5.73 Å². The van der Waals surface area contributed by atoms with Crippen molar-refractivity contribution in [3.63, 3.8) is 0 Å². The first-order valence-corrected chi connectivity index (χ1v) is 6.11. The van der Waals surface area contributed by atoms with Crippen molar-refractivity contribution < 1.29 is 9.59 Å². The van der Waals surface area contributed by atoms with Crippen molar-refractivity contribution in [2.45, 2.75) is 12.5 Å². The highest BCUT2D eigenvalue weighted by atomic mass is 16.1. The van der Waals surface area contributed by atoms with Crippen LogP contribution in [0.2, 0.25) is 0 Å². The summed E-state index contributed by atoms with van der Waals surface area (Å²) in [5.41, 5.74) is 10.9. The number of primary amides is 1. The molecule has 0 aromatic carbocycles. The van der Waals surface area contributed by atoms with Crippen LogP contribution in [0.25, 0.3) is 0 Å². The maximum absolute atomic E-state index is 11.2. The van der Waals surface area contributed by atoms with Crippen LogP contribution in [0.1, 0.15) is 16.8 Å². The Hall–Kier alpha value is -2.64. The van der Waals surface area contributed by atoms with E-state index in [-0.39, 0.29) is 23.3 Å². The second-order valence-electron chi connectivity index (χ2n) is 4.48. The smallest absolute Gasteiger partial charge is 0.254 e. The van der Waals surface area contributed by atoms with E-state index in [1.54, 1.807) is 0 Å². The van der Waals surface area contributed by atoms with Gasteiger partial charge < -0.3 is 21.7 Å². The van der Waals surface area contributed by atoms with Gasteiger partial charge in [-0.2, -0.15) is 4.98 Å². The molecule has 2 amide bonds. The third-order valence-electron chi connectivity index (χ3n) is 3.07. The van der Waals surface area contributed by atoms with Gasteiger partial charge in [0.25, 0.3) is 5.91 Å². The van der Waals surface area contributed by atoms with Crippen molar-refractivity contribution in [1.29, 1.82) is 0 Å². The third kappa shape index (κ3) is 2.85. The zero-order valence-corrected chi connectivity index (χ0v) is 10.9. The average Bonchev–Trinajstić information content (AvgIpc) is 2.86. The number of nitrogens with two attached hydrogens (primary N) is 2. The first-order chi connectivity index (χ1) is 9.51. The molecule has 2 rings (SSSR count). The number of carbonyl (C=O) groups excluding carboxylic acids is 2. The quantitative estimate of drug-likeness (QED) is 0.608. The number of nitrogens with one attached hydrogen (secondary N) is 1. The Morgan fingerprint density at radius 2 is 2.30 bits per heavy atom. The second kappa shape index (κ2) is 5.55. The second-order valence-corrected chi connectivity index (χ2v) is 4.48. The molecule has 1 saturated heterocycles. The Morgan fingerprint density at radius 1 is 1.55 bits per heavy atom. The Labute approximate surface area is 115 Å². The summed E-state index contributed by atoms with van der Waals surface area (Å²) in [6, 6.07) is 0.0149. The Bertz CT molecular complexity index is 559. The molecule has 20 heavy (non-hydrogen) atoms. The van der Waals surface area contributed by atoms with Gasteiger partial charge in [-0.3, -0.25) is 9.59 Å². The fourth-order valence-corrected chi connectivity index (χ4v) is 2.05. The number of amides is 2. The molecule has 0 aliphatic carbocycles. The zero-order valence-electron chi connectivity index (χ0n) is 10.9. The van der Waals surface area contributed by atoms with Gasteiger partial charge in [-0.25, -0.2) is 4.98 Å². The highest BCUT2D eigenvalue weighted by Gasteiger charge is 2.25. The van der Waals surface area contributed by atoms with E-state index in [1.165, 1.54) is 12.3 Å². The molecule has 1 atom stereocenters. The summed E-state index contributed by atoms with van der Waals surface area (Å²) in [4.78, 5) is 32.3. The van der Waals surface area contributed by atoms with Crippen molar-refractivity contribution >= 4 is 23.6 Å². The lowest BCUT2D eigenvalue weighted by Crippen LogP contribution is -2.36. The largest absolute Gasteiger partial charge is 0.383 e. The van der Waals surface area contributed by atoms with Crippen molar-refractivity contribution in [3.05, 3.63) is 24.4 Å². The molecule has 0 bridgehead atoms. The van der Waals surface area contributed by atoms with E-state index in [4.69, 9.17) is 11.5 Å². The van der Waals surface area contributed by atoms with E-state index in [0.717, 1.165) is 6.42 Å². The number of hydrogen-bond donors (Lipinski definition) is 3. The number of hydrogen-bond acceptors (Lipinski definition) is 6. The topological polar surface area (TPSA) is 127 Å². The number of nitrogens with zero attached hydrogens (tertiary/aromatic N) is 3. The summed E-state index contributed by atoms with van der Waals surface area (Å²) in [5.74, 6) is -0.392. The minimum atomic E-state index is -0.661. The van der Waals surface area contributed by atoms with Gasteiger partial charge in [-0.05, 0) is 12.5 Å². The summed E-state index contributed by atoms with van der Waals surface area (Å²) >= 11 is 0. The van der Waals surface area contributed by atoms with Crippen LogP contribution in [0.5, 0.6) is 0 Å². The van der Waals surface area contributed by atoms with Crippen LogP contribution in [0.15, 0.2) is 18.9 Å². The molecule has 106 valence electrons. The number of carbonyl (C=O) groups is 2. The predicted molar refractivity (Wildman–Crippen MR) is 73.9 cm³/mol. The number of aromatic nitrogens is 2. The van der Waals surface area contributed by atoms with Crippen LogP contribution in [0, 0.1) is 0 Å². The summed E-state index contributed by atoms with van der Waals surface area (Å²) in [7, 11) is 0. The lowest BCUT2D eigenvalue weighted by Gasteiger charge is -2.17. The van der Waals surface area contributed by atoms with Gasteiger partial charge in [-0.1, -0.05) is 6.58 Å². The average molecular weight is 276 g/mol. The maximum atomic E-state index is 11.2. The molecule has 0 saturated carbocycles. The fourth-order valence-electron chi connectivity index (χ4n) is 2.05. The highest BCUT2D eigenvalue weighted by molar-refractivity contribution is 5.96. The van der Waals surface area contributed by atoms with Gasteiger partial charge in [-0.15, -0.1) is 0 Å². The summed E-state index contributed by atoms with van der Waals surface area (Å²) < 4.78 is 0. The molecule has 1 unspecified atom stereocenters. The molecular formula is C12H16N6O2. The normalized spacial score (nSPS) is 17.8. The van der Waals surface area contributed by atoms with Crippen LogP contribution in [-0.4, -0.2) is 40.9 Å². The summed E-state index contributed by atoms with van der Waals surface area (Å²) in [5, 5.41) is 2.81. The first-order valence-electron chi connectivity index (χ1n) is 6.11. The minimum absolute atomic E-state index is 0.0149. The van der Waals surface area contributed by atoms with Crippen molar-refractivity contribution in [3.8, 4) is 0 Å². The van der Waals surface area contributed by atoms with Gasteiger partial charge in [0.1, 0.15) is 5.82 Å². The van der Waals surface area contributed by atoms with Gasteiger partial charge >= 0.3 is 0 Å². The van der Waals surface area contributed by atoms with E-state index in [9.17, 15) is 9.59 Å². The predicted octanol–water partition coefficient (Wildman–Crippen LogP) is -0.961. The van der Waals surface area contributed by atoms with Gasteiger partial charge in [0.05, 0.1) is 5.56 Å². The van der Waals surface area contributed by atoms with E-state index in [1.807, 2.05) is 4.90 Å². The lowest BCUT2D eigenvalue weighted by atomic mass is 10.2. The Kier molecular flexibility index (Phi) is 3.83. The van der Waals surface area contributed by atoms with Crippen molar-refractivity contribution in [2.75, 3.05) is 23.7 Å². The third-order valence-corrected chi connectivity index (χ3v) is 3.07. The zero-order chi connectivity index (χ0) is 14.7. The first kappa shape index (κ1) is 13.8. The molecule has 1 aliphatic rings. The number of rotatable bonds is 4. The lowest BCUT2D eigenvalue weighted by molar-refractivity contribution is -0.117. The number of anilines is 2. The van der Waals surface area contributed by atoms with E-state index in [0.29, 0.717) is 19.0 Å². The SMILES string of the molecule is C=CC(=O)NC1CCN(c2ncc(C(N)=O)c(N)n2)C1. The minimum Gasteiger partial charge on any atom is -0.383 e. The Morgan fingerprint density at radius 3 is 2.90 bits per heavy atom. The van der Waals surface area contributed by atoms with Crippen LogP contribution in [0.4, 0.5) is 11.8 Å². The summed E-state index contributed by atoms with van der Waals surface area (Å²) in [6.07, 6.45) is 3.33. The van der Waals surface area contributed by atoms with Gasteiger partial charge in [0.15, 0.2) is 0 Å². The van der Waals surface area contributed by atoms with Crippen LogP contribution in [-0.2, 0) is 4.79 Å². The molecule has 8 nitrogen and oxygen atoms in total. The molecule has 1 aliphatic heterocycles. The molecule has 8 heteroatoms. The molecule has 5 N–H and O–H groups in total. The van der Waals surface area contributed by atoms with Crippen LogP contribution >= 0.6 is 0 Å². The van der Waals surface area contributed by atoms with E-state index < -0.39 is 5.91 Å².